The van der Waals surface area contributed by atoms with Gasteiger partial charge in [0.2, 0.25) is 5.91 Å². The van der Waals surface area contributed by atoms with Crippen LogP contribution in [0, 0.1) is 0 Å². The molecule has 27 heavy (non-hydrogen) atoms. The highest BCUT2D eigenvalue weighted by Gasteiger charge is 2.45. The summed E-state index contributed by atoms with van der Waals surface area (Å²) in [5.74, 6) is -3.32. The number of halogens is 3. The molecule has 1 unspecified atom stereocenters. The fourth-order valence-electron chi connectivity index (χ4n) is 4.22. The lowest BCUT2D eigenvalue weighted by atomic mass is 10.0. The van der Waals surface area contributed by atoms with Gasteiger partial charge in [0.25, 0.3) is 5.92 Å². The lowest BCUT2D eigenvalue weighted by molar-refractivity contribution is -0.131. The van der Waals surface area contributed by atoms with Gasteiger partial charge in [-0.15, -0.1) is 0 Å². The van der Waals surface area contributed by atoms with Gasteiger partial charge in [0.1, 0.15) is 0 Å². The number of alkyl halides is 3. The molecule has 3 nitrogen and oxygen atoms in total. The second kappa shape index (κ2) is 6.09. The summed E-state index contributed by atoms with van der Waals surface area (Å²) < 4.78 is 43.6. The molecular formula is C21H20F3NO2. The largest absolute Gasteiger partial charge is 0.393 e. The van der Waals surface area contributed by atoms with Crippen LogP contribution in [0.3, 0.4) is 0 Å². The smallest absolute Gasteiger partial charge is 0.299 e. The SMILES string of the molecule is CC1C[C@](F)(CO)CN1C(=O)Cc1ccc2c(c1)-c1ccccc1C2(F)F. The first-order valence-electron chi connectivity index (χ1n) is 8.95. The van der Waals surface area contributed by atoms with E-state index >= 15 is 0 Å². The number of rotatable bonds is 3. The Hall–Kier alpha value is -2.34. The van der Waals surface area contributed by atoms with Gasteiger partial charge in [-0.3, -0.25) is 4.79 Å². The molecule has 1 amide bonds. The number of likely N-dealkylation sites (tertiary alicyclic amines) is 1. The van der Waals surface area contributed by atoms with Crippen LogP contribution in [0.2, 0.25) is 0 Å². The van der Waals surface area contributed by atoms with Crippen LogP contribution in [0.15, 0.2) is 42.5 Å². The Labute approximate surface area is 155 Å². The fraction of sp³-hybridized carbons (Fsp3) is 0.381. The van der Waals surface area contributed by atoms with Gasteiger partial charge in [0.05, 0.1) is 19.6 Å². The van der Waals surface area contributed by atoms with Gasteiger partial charge < -0.3 is 10.0 Å². The number of carbonyl (C=O) groups is 1. The van der Waals surface area contributed by atoms with Crippen LogP contribution in [0.5, 0.6) is 0 Å². The van der Waals surface area contributed by atoms with Crippen LogP contribution >= 0.6 is 0 Å². The van der Waals surface area contributed by atoms with Crippen molar-refractivity contribution in [2.45, 2.75) is 37.4 Å². The zero-order valence-electron chi connectivity index (χ0n) is 14.9. The highest BCUT2D eigenvalue weighted by molar-refractivity contribution is 5.83. The average molecular weight is 375 g/mol. The Balaban J connectivity index is 1.61. The molecule has 4 rings (SSSR count). The molecule has 1 fully saturated rings. The summed E-state index contributed by atoms with van der Waals surface area (Å²) in [4.78, 5) is 14.1. The molecule has 0 spiro atoms. The molecule has 2 aromatic carbocycles. The van der Waals surface area contributed by atoms with Crippen molar-refractivity contribution in [1.82, 2.24) is 4.90 Å². The second-order valence-electron chi connectivity index (χ2n) is 7.56. The quantitative estimate of drug-likeness (QED) is 0.889. The molecule has 1 saturated heterocycles. The standard InChI is InChI=1S/C21H20F3NO2/c1-13-10-20(22,12-26)11-25(13)19(27)9-14-6-7-18-16(8-14)15-4-2-3-5-17(15)21(18,23)24/h2-8,13,26H,9-12H2,1H3/t13?,20-/m1/s1. The van der Waals surface area contributed by atoms with Gasteiger partial charge >= 0.3 is 0 Å². The molecule has 142 valence electrons. The fourth-order valence-corrected chi connectivity index (χ4v) is 4.22. The molecule has 0 saturated carbocycles. The molecule has 1 aliphatic carbocycles. The summed E-state index contributed by atoms with van der Waals surface area (Å²) in [6, 6.07) is 10.6. The zero-order valence-corrected chi connectivity index (χ0v) is 14.9. The number of carbonyl (C=O) groups excluding carboxylic acids is 1. The Kier molecular flexibility index (Phi) is 4.07. The van der Waals surface area contributed by atoms with E-state index in [1.54, 1.807) is 31.2 Å². The predicted octanol–water partition coefficient (Wildman–Crippen LogP) is 3.67. The number of hydrogen-bond donors (Lipinski definition) is 1. The van der Waals surface area contributed by atoms with Gasteiger partial charge in [-0.2, -0.15) is 8.78 Å². The summed E-state index contributed by atoms with van der Waals surface area (Å²) in [6.07, 6.45) is 0.103. The third kappa shape index (κ3) is 2.83. The summed E-state index contributed by atoms with van der Waals surface area (Å²) in [5, 5.41) is 9.20. The minimum atomic E-state index is -3.05. The van der Waals surface area contributed by atoms with Gasteiger partial charge in [0.15, 0.2) is 5.67 Å². The van der Waals surface area contributed by atoms with E-state index in [2.05, 4.69) is 0 Å². The number of amides is 1. The maximum absolute atomic E-state index is 14.6. The van der Waals surface area contributed by atoms with Crippen LogP contribution in [0.4, 0.5) is 13.2 Å². The molecule has 0 radical (unpaired) electrons. The van der Waals surface area contributed by atoms with Crippen molar-refractivity contribution in [2.24, 2.45) is 0 Å². The topological polar surface area (TPSA) is 40.5 Å². The number of hydrogen-bond acceptors (Lipinski definition) is 2. The molecule has 2 aliphatic rings. The summed E-state index contributed by atoms with van der Waals surface area (Å²) in [5.41, 5.74) is -0.332. The lowest BCUT2D eigenvalue weighted by Crippen LogP contribution is -2.38. The number of benzene rings is 2. The highest BCUT2D eigenvalue weighted by Crippen LogP contribution is 2.51. The number of nitrogens with zero attached hydrogens (tertiary/aromatic N) is 1. The number of aliphatic hydroxyl groups excluding tert-OH is 1. The van der Waals surface area contributed by atoms with Crippen molar-refractivity contribution >= 4 is 5.91 Å². The first-order chi connectivity index (χ1) is 12.7. The highest BCUT2D eigenvalue weighted by atomic mass is 19.3. The Bertz CT molecular complexity index is 914. The monoisotopic (exact) mass is 375 g/mol. The third-order valence-electron chi connectivity index (χ3n) is 5.58. The normalized spacial score (nSPS) is 25.4. The van der Waals surface area contributed by atoms with Crippen molar-refractivity contribution < 1.29 is 23.1 Å². The number of aliphatic hydroxyl groups is 1. The number of fused-ring (bicyclic) bond motifs is 3. The van der Waals surface area contributed by atoms with Crippen molar-refractivity contribution in [3.8, 4) is 11.1 Å². The predicted molar refractivity (Wildman–Crippen MR) is 95.3 cm³/mol. The van der Waals surface area contributed by atoms with Crippen LogP contribution in [0.25, 0.3) is 11.1 Å². The van der Waals surface area contributed by atoms with Gasteiger partial charge in [0, 0.05) is 23.6 Å². The average Bonchev–Trinajstić information content (AvgIpc) is 3.07. The minimum Gasteiger partial charge on any atom is -0.393 e. The molecular weight excluding hydrogens is 355 g/mol. The van der Waals surface area contributed by atoms with E-state index in [0.29, 0.717) is 16.7 Å². The maximum atomic E-state index is 14.6. The summed E-state index contributed by atoms with van der Waals surface area (Å²) in [7, 11) is 0. The van der Waals surface area contributed by atoms with E-state index < -0.39 is 18.2 Å². The van der Waals surface area contributed by atoms with Crippen LogP contribution < -0.4 is 0 Å². The molecule has 0 aromatic heterocycles. The molecule has 1 N–H and O–H groups in total. The first kappa shape index (κ1) is 18.0. The van der Waals surface area contributed by atoms with Crippen molar-refractivity contribution in [2.75, 3.05) is 13.2 Å². The molecule has 1 aliphatic heterocycles. The van der Waals surface area contributed by atoms with E-state index in [-0.39, 0.29) is 42.5 Å². The first-order valence-corrected chi connectivity index (χ1v) is 8.95. The van der Waals surface area contributed by atoms with Crippen LogP contribution in [-0.2, 0) is 17.1 Å². The summed E-state index contributed by atoms with van der Waals surface area (Å²) >= 11 is 0. The molecule has 0 bridgehead atoms. The summed E-state index contributed by atoms with van der Waals surface area (Å²) in [6.45, 7) is 0.982. The zero-order chi connectivity index (χ0) is 19.4. The molecule has 2 aromatic rings. The second-order valence-corrected chi connectivity index (χ2v) is 7.56. The van der Waals surface area contributed by atoms with Crippen LogP contribution in [0.1, 0.15) is 30.0 Å². The van der Waals surface area contributed by atoms with Gasteiger partial charge in [-0.05, 0) is 23.6 Å². The van der Waals surface area contributed by atoms with E-state index in [9.17, 15) is 23.1 Å². The van der Waals surface area contributed by atoms with Crippen molar-refractivity contribution in [3.05, 3.63) is 59.2 Å². The van der Waals surface area contributed by atoms with E-state index in [1.807, 2.05) is 0 Å². The lowest BCUT2D eigenvalue weighted by Gasteiger charge is -2.22. The van der Waals surface area contributed by atoms with Crippen molar-refractivity contribution in [1.29, 1.82) is 0 Å². The van der Waals surface area contributed by atoms with Crippen molar-refractivity contribution in [3.63, 3.8) is 0 Å². The van der Waals surface area contributed by atoms with Gasteiger partial charge in [-0.1, -0.05) is 42.5 Å². The Morgan fingerprint density at radius 1 is 1.15 bits per heavy atom. The van der Waals surface area contributed by atoms with E-state index in [1.165, 1.54) is 23.1 Å². The van der Waals surface area contributed by atoms with Gasteiger partial charge in [-0.25, -0.2) is 4.39 Å². The molecule has 2 atom stereocenters. The maximum Gasteiger partial charge on any atom is 0.299 e. The Morgan fingerprint density at radius 3 is 2.56 bits per heavy atom. The third-order valence-corrected chi connectivity index (χ3v) is 5.58. The van der Waals surface area contributed by atoms with Crippen LogP contribution in [-0.4, -0.2) is 40.8 Å². The molecule has 6 heteroatoms. The minimum absolute atomic E-state index is 0.00681. The Morgan fingerprint density at radius 2 is 1.85 bits per heavy atom. The van der Waals surface area contributed by atoms with E-state index in [4.69, 9.17) is 0 Å². The molecule has 1 heterocycles. The van der Waals surface area contributed by atoms with E-state index in [0.717, 1.165) is 0 Å².